The van der Waals surface area contributed by atoms with Crippen LogP contribution in [0.25, 0.3) is 10.9 Å². The fourth-order valence-corrected chi connectivity index (χ4v) is 3.98. The van der Waals surface area contributed by atoms with Crippen LogP contribution in [0.1, 0.15) is 40.4 Å². The van der Waals surface area contributed by atoms with Crippen LogP contribution in [0.4, 0.5) is 18.9 Å². The van der Waals surface area contributed by atoms with E-state index < -0.39 is 11.7 Å². The summed E-state index contributed by atoms with van der Waals surface area (Å²) in [6.45, 7) is 0. The maximum atomic E-state index is 12.7. The number of nitrogens with one attached hydrogen (secondary N) is 2. The number of aryl methyl sites for hydroxylation is 1. The molecule has 1 fully saturated rings. The summed E-state index contributed by atoms with van der Waals surface area (Å²) in [5.74, 6) is 0.469. The summed E-state index contributed by atoms with van der Waals surface area (Å²) < 4.78 is 45.8. The third kappa shape index (κ3) is 4.28. The van der Waals surface area contributed by atoms with Gasteiger partial charge < -0.3 is 15.0 Å². The Kier molecular flexibility index (Phi) is 5.07. The number of fused-ring (bicyclic) bond motifs is 1. The fraction of sp³-hybridized carbons (Fsp3) is 0.261. The number of ether oxygens (including phenoxy) is 1. The van der Waals surface area contributed by atoms with Gasteiger partial charge in [0, 0.05) is 24.1 Å². The van der Waals surface area contributed by atoms with Crippen molar-refractivity contribution in [3.63, 3.8) is 0 Å². The van der Waals surface area contributed by atoms with Crippen LogP contribution in [0, 0.1) is 0 Å². The Morgan fingerprint density at radius 3 is 2.61 bits per heavy atom. The molecule has 2 heterocycles. The number of rotatable bonds is 5. The Labute approximate surface area is 186 Å². The molecule has 2 aromatic heterocycles. The number of alkyl halides is 3. The van der Waals surface area contributed by atoms with Crippen LogP contribution in [0.2, 0.25) is 0 Å². The van der Waals surface area contributed by atoms with E-state index in [0.29, 0.717) is 11.4 Å². The number of H-pyrrole nitrogens is 1. The van der Waals surface area contributed by atoms with Crippen molar-refractivity contribution in [2.24, 2.45) is 7.05 Å². The molecule has 5 rings (SSSR count). The number of anilines is 1. The Morgan fingerprint density at radius 1 is 1.18 bits per heavy atom. The van der Waals surface area contributed by atoms with Crippen LogP contribution in [0.5, 0.6) is 5.75 Å². The number of benzene rings is 2. The van der Waals surface area contributed by atoms with Crippen LogP contribution in [0.15, 0.2) is 54.9 Å². The second kappa shape index (κ2) is 7.95. The van der Waals surface area contributed by atoms with E-state index in [1.807, 2.05) is 18.2 Å². The minimum absolute atomic E-state index is 0.0219. The van der Waals surface area contributed by atoms with Crippen LogP contribution >= 0.6 is 0 Å². The molecule has 170 valence electrons. The summed E-state index contributed by atoms with van der Waals surface area (Å²) >= 11 is 0. The highest BCUT2D eigenvalue weighted by atomic mass is 19.4. The molecule has 2 N–H and O–H groups in total. The Morgan fingerprint density at radius 2 is 1.94 bits per heavy atom. The lowest BCUT2D eigenvalue weighted by atomic mass is 9.77. The van der Waals surface area contributed by atoms with Gasteiger partial charge in [-0.1, -0.05) is 17.3 Å². The zero-order chi connectivity index (χ0) is 23.2. The van der Waals surface area contributed by atoms with E-state index in [0.717, 1.165) is 41.4 Å². The third-order valence-electron chi connectivity index (χ3n) is 5.84. The van der Waals surface area contributed by atoms with Crippen LogP contribution in [-0.2, 0) is 13.2 Å². The molecule has 4 aromatic rings. The first-order valence-corrected chi connectivity index (χ1v) is 10.4. The minimum atomic E-state index is -4.33. The molecular formula is C23H20F3N5O2. The monoisotopic (exact) mass is 455 g/mol. The van der Waals surface area contributed by atoms with Gasteiger partial charge in [-0.05, 0) is 54.7 Å². The van der Waals surface area contributed by atoms with Crippen molar-refractivity contribution in [2.45, 2.75) is 31.0 Å². The van der Waals surface area contributed by atoms with Gasteiger partial charge in [-0.3, -0.25) is 9.48 Å². The first-order chi connectivity index (χ1) is 15.8. The number of nitrogens with zero attached hydrogens (tertiary/aromatic N) is 3. The quantitative estimate of drug-likeness (QED) is 0.449. The number of hydrogen-bond donors (Lipinski definition) is 2. The van der Waals surface area contributed by atoms with Crippen LogP contribution in [0.3, 0.4) is 0 Å². The number of carbonyl (C=O) groups is 1. The number of hydrogen-bond acceptors (Lipinski definition) is 4. The van der Waals surface area contributed by atoms with E-state index in [4.69, 9.17) is 4.74 Å². The highest BCUT2D eigenvalue weighted by Gasteiger charge is 2.34. The highest BCUT2D eigenvalue weighted by molar-refractivity contribution is 6.08. The summed E-state index contributed by atoms with van der Waals surface area (Å²) in [7, 11) is 1.68. The molecule has 7 nitrogen and oxygen atoms in total. The zero-order valence-electron chi connectivity index (χ0n) is 17.6. The smallest absolute Gasteiger partial charge is 0.416 e. The van der Waals surface area contributed by atoms with E-state index >= 15 is 0 Å². The average molecular weight is 455 g/mol. The molecule has 0 radical (unpaired) electrons. The standard InChI is InChI=1S/C23H20F3N5O2/c1-31-12-21(29-30-31)22(32)28-20-11-27-19-7-6-16(10-18(19)20)33-17-8-14(9-17)13-2-4-15(5-3-13)23(24,25)26/h2-7,10-12,14,17,27H,8-9H2,1H3,(H,28,32). The van der Waals surface area contributed by atoms with Gasteiger partial charge in [0.25, 0.3) is 5.91 Å². The molecule has 0 saturated heterocycles. The molecular weight excluding hydrogens is 435 g/mol. The van der Waals surface area contributed by atoms with Gasteiger partial charge in [-0.2, -0.15) is 13.2 Å². The number of aromatic nitrogens is 4. The van der Waals surface area contributed by atoms with Crippen LogP contribution < -0.4 is 10.1 Å². The molecule has 0 bridgehead atoms. The van der Waals surface area contributed by atoms with Crippen LogP contribution in [-0.4, -0.2) is 32.0 Å². The normalized spacial score (nSPS) is 18.2. The Bertz CT molecular complexity index is 1300. The molecule has 1 saturated carbocycles. The maximum Gasteiger partial charge on any atom is 0.416 e. The van der Waals surface area contributed by atoms with Gasteiger partial charge in [-0.15, -0.1) is 5.10 Å². The third-order valence-corrected chi connectivity index (χ3v) is 5.84. The molecule has 0 atom stereocenters. The molecule has 0 aliphatic heterocycles. The van der Waals surface area contributed by atoms with Gasteiger partial charge in [0.05, 0.1) is 23.6 Å². The van der Waals surface area contributed by atoms with Crippen molar-refractivity contribution in [3.8, 4) is 5.75 Å². The predicted molar refractivity (Wildman–Crippen MR) is 115 cm³/mol. The van der Waals surface area contributed by atoms with Crippen molar-refractivity contribution < 1.29 is 22.7 Å². The number of halogens is 3. The average Bonchev–Trinajstić information content (AvgIpc) is 3.36. The van der Waals surface area contributed by atoms with Crippen molar-refractivity contribution in [1.82, 2.24) is 20.0 Å². The minimum Gasteiger partial charge on any atom is -0.490 e. The maximum absolute atomic E-state index is 12.7. The lowest BCUT2D eigenvalue weighted by Gasteiger charge is -2.35. The molecule has 0 unspecified atom stereocenters. The van der Waals surface area contributed by atoms with Crippen molar-refractivity contribution in [2.75, 3.05) is 5.32 Å². The lowest BCUT2D eigenvalue weighted by Crippen LogP contribution is -2.32. The van der Waals surface area contributed by atoms with E-state index in [-0.39, 0.29) is 23.6 Å². The summed E-state index contributed by atoms with van der Waals surface area (Å²) in [4.78, 5) is 15.5. The van der Waals surface area contributed by atoms with E-state index in [1.165, 1.54) is 10.9 Å². The molecule has 1 aliphatic rings. The second-order valence-electron chi connectivity index (χ2n) is 8.17. The molecule has 0 spiro atoms. The summed E-state index contributed by atoms with van der Waals surface area (Å²) in [6.07, 6.45) is 0.341. The fourth-order valence-electron chi connectivity index (χ4n) is 3.98. The molecule has 1 amide bonds. The number of carbonyl (C=O) groups excluding carboxylic acids is 1. The van der Waals surface area contributed by atoms with Gasteiger partial charge in [-0.25, -0.2) is 0 Å². The van der Waals surface area contributed by atoms with Gasteiger partial charge >= 0.3 is 6.18 Å². The van der Waals surface area contributed by atoms with Crippen molar-refractivity contribution in [1.29, 1.82) is 0 Å². The zero-order valence-corrected chi connectivity index (χ0v) is 17.6. The summed E-state index contributed by atoms with van der Waals surface area (Å²) in [5.41, 5.74) is 1.90. The highest BCUT2D eigenvalue weighted by Crippen LogP contribution is 2.41. The van der Waals surface area contributed by atoms with Crippen molar-refractivity contribution >= 4 is 22.5 Å². The first kappa shape index (κ1) is 21.0. The number of amides is 1. The molecule has 1 aliphatic carbocycles. The summed E-state index contributed by atoms with van der Waals surface area (Å²) in [5, 5.41) is 11.2. The predicted octanol–water partition coefficient (Wildman–Crippen LogP) is 4.89. The van der Waals surface area contributed by atoms with Crippen molar-refractivity contribution in [3.05, 3.63) is 71.7 Å². The Balaban J connectivity index is 1.23. The topological polar surface area (TPSA) is 84.8 Å². The Hall–Kier alpha value is -3.82. The van der Waals surface area contributed by atoms with Gasteiger partial charge in [0.2, 0.25) is 0 Å². The van der Waals surface area contributed by atoms with E-state index in [9.17, 15) is 18.0 Å². The molecule has 33 heavy (non-hydrogen) atoms. The summed E-state index contributed by atoms with van der Waals surface area (Å²) in [6, 6.07) is 10.9. The lowest BCUT2D eigenvalue weighted by molar-refractivity contribution is -0.137. The number of aromatic amines is 1. The second-order valence-corrected chi connectivity index (χ2v) is 8.17. The van der Waals surface area contributed by atoms with E-state index in [1.54, 1.807) is 25.4 Å². The SMILES string of the molecule is Cn1cc(C(=O)Nc2c[nH]c3ccc(OC4CC(c5ccc(C(F)(F)F)cc5)C4)cc23)nn1. The van der Waals surface area contributed by atoms with E-state index in [2.05, 4.69) is 20.6 Å². The first-order valence-electron chi connectivity index (χ1n) is 10.4. The van der Waals surface area contributed by atoms with Gasteiger partial charge in [0.15, 0.2) is 5.69 Å². The van der Waals surface area contributed by atoms with Gasteiger partial charge in [0.1, 0.15) is 5.75 Å². The molecule has 2 aromatic carbocycles. The molecule has 10 heteroatoms. The largest absolute Gasteiger partial charge is 0.490 e.